The molecule has 2 aromatic carbocycles. The highest BCUT2D eigenvalue weighted by molar-refractivity contribution is 8.01. The van der Waals surface area contributed by atoms with Gasteiger partial charge in [-0.25, -0.2) is 9.59 Å². The van der Waals surface area contributed by atoms with Crippen LogP contribution in [0.5, 0.6) is 17.2 Å². The standard InChI is InChI=1S/C28H28N4O11S/c1-12(33)42-17-10-7-15(11-18(17)43-13(2)34)22(36)31-27(41)30-19(14-5-8-16(35)9-6-14)23(37)29-20-24(38)32-21(26(39)40)28(3,4)44-25(20)32/h5-11,19-21,25,35H,1-4H3,(H,29,37)(H,39,40)(H2,30,31,36,41)/t19?,20-,21+,25-/m1/s1. The number of aromatic hydroxyl groups is 1. The Hall–Kier alpha value is -5.12. The summed E-state index contributed by atoms with van der Waals surface area (Å²) >= 11 is 1.22. The van der Waals surface area contributed by atoms with Crippen molar-refractivity contribution in [2.75, 3.05) is 0 Å². The first kappa shape index (κ1) is 31.8. The number of carboxylic acid groups (broad SMARTS) is 1. The van der Waals surface area contributed by atoms with Gasteiger partial charge in [-0.3, -0.25) is 29.3 Å². The zero-order valence-electron chi connectivity index (χ0n) is 23.8. The molecular formula is C28H28N4O11S. The monoisotopic (exact) mass is 628 g/mol. The zero-order chi connectivity index (χ0) is 32.5. The van der Waals surface area contributed by atoms with Gasteiger partial charge in [0.25, 0.3) is 5.91 Å². The number of thioether (sulfide) groups is 1. The van der Waals surface area contributed by atoms with Gasteiger partial charge in [0.1, 0.15) is 29.2 Å². The van der Waals surface area contributed by atoms with E-state index in [0.29, 0.717) is 0 Å². The second kappa shape index (κ2) is 12.2. The van der Waals surface area contributed by atoms with Crippen molar-refractivity contribution in [1.29, 1.82) is 0 Å². The fraction of sp³-hybridized carbons (Fsp3) is 0.321. The number of β-lactam (4-membered cyclic amide) rings is 1. The lowest BCUT2D eigenvalue weighted by Gasteiger charge is -2.44. The van der Waals surface area contributed by atoms with Crippen molar-refractivity contribution in [3.8, 4) is 17.2 Å². The fourth-order valence-electron chi connectivity index (χ4n) is 4.81. The van der Waals surface area contributed by atoms with Crippen molar-refractivity contribution < 1.29 is 53.2 Å². The number of fused-ring (bicyclic) bond motifs is 1. The SMILES string of the molecule is CC(=O)Oc1ccc(C(=O)NC(=O)NC(C(=O)N[C@@H]2C(=O)N3[C@@H]2SC(C)(C)[C@@H]3C(=O)O)c2ccc(O)cc2)cc1OC(C)=O. The lowest BCUT2D eigenvalue weighted by atomic mass is 9.95. The van der Waals surface area contributed by atoms with E-state index in [1.807, 2.05) is 5.32 Å². The molecule has 1 unspecified atom stereocenters. The molecule has 44 heavy (non-hydrogen) atoms. The number of carbonyl (C=O) groups is 7. The molecule has 2 aliphatic heterocycles. The van der Waals surface area contributed by atoms with Crippen LogP contribution in [0, 0.1) is 0 Å². The van der Waals surface area contributed by atoms with Gasteiger partial charge in [0.15, 0.2) is 11.5 Å². The Kier molecular flexibility index (Phi) is 8.85. The first-order valence-corrected chi connectivity index (χ1v) is 13.9. The van der Waals surface area contributed by atoms with Crippen LogP contribution in [0.4, 0.5) is 4.79 Å². The molecule has 2 saturated heterocycles. The van der Waals surface area contributed by atoms with Crippen molar-refractivity contribution in [3.05, 3.63) is 53.6 Å². The molecule has 0 radical (unpaired) electrons. The van der Waals surface area contributed by atoms with E-state index in [9.17, 15) is 43.8 Å². The van der Waals surface area contributed by atoms with Crippen molar-refractivity contribution >= 4 is 53.4 Å². The molecular weight excluding hydrogens is 600 g/mol. The van der Waals surface area contributed by atoms with Crippen LogP contribution in [-0.4, -0.2) is 79.0 Å². The molecule has 16 heteroatoms. The number of phenolic OH excluding ortho intramolecular Hbond substituents is 1. The maximum absolute atomic E-state index is 13.4. The highest BCUT2D eigenvalue weighted by Crippen LogP contribution is 2.50. The molecule has 0 aliphatic carbocycles. The minimum atomic E-state index is -1.46. The summed E-state index contributed by atoms with van der Waals surface area (Å²) in [4.78, 5) is 87.9. The molecule has 0 spiro atoms. The molecule has 0 bridgehead atoms. The average molecular weight is 629 g/mol. The van der Waals surface area contributed by atoms with Crippen molar-refractivity contribution in [2.24, 2.45) is 0 Å². The molecule has 2 fully saturated rings. The second-order valence-corrected chi connectivity index (χ2v) is 12.2. The maximum Gasteiger partial charge on any atom is 0.327 e. The molecule has 0 saturated carbocycles. The Morgan fingerprint density at radius 3 is 2.16 bits per heavy atom. The average Bonchev–Trinajstić information content (AvgIpc) is 3.19. The Labute approximate surface area is 254 Å². The number of esters is 2. The van der Waals surface area contributed by atoms with Gasteiger partial charge in [0, 0.05) is 24.2 Å². The van der Waals surface area contributed by atoms with Crippen LogP contribution in [0.15, 0.2) is 42.5 Å². The Morgan fingerprint density at radius 2 is 1.57 bits per heavy atom. The van der Waals surface area contributed by atoms with Crippen LogP contribution in [0.25, 0.3) is 0 Å². The van der Waals surface area contributed by atoms with Crippen molar-refractivity contribution in [3.63, 3.8) is 0 Å². The predicted molar refractivity (Wildman–Crippen MR) is 152 cm³/mol. The van der Waals surface area contributed by atoms with Gasteiger partial charge >= 0.3 is 23.9 Å². The number of ether oxygens (including phenoxy) is 2. The maximum atomic E-state index is 13.4. The third-order valence-corrected chi connectivity index (χ3v) is 8.25. The Balaban J connectivity index is 1.50. The number of benzene rings is 2. The largest absolute Gasteiger partial charge is 0.508 e. The molecule has 4 rings (SSSR count). The third-order valence-electron chi connectivity index (χ3n) is 6.68. The van der Waals surface area contributed by atoms with Crippen LogP contribution in [-0.2, 0) is 24.0 Å². The van der Waals surface area contributed by atoms with E-state index >= 15 is 0 Å². The normalized spacial score (nSPS) is 20.3. The number of nitrogens with one attached hydrogen (secondary N) is 3. The second-order valence-electron chi connectivity index (χ2n) is 10.4. The van der Waals surface area contributed by atoms with E-state index in [1.54, 1.807) is 13.8 Å². The number of phenols is 1. The summed E-state index contributed by atoms with van der Waals surface area (Å²) in [7, 11) is 0. The first-order valence-electron chi connectivity index (χ1n) is 13.0. The molecule has 2 aliphatic rings. The van der Waals surface area contributed by atoms with E-state index < -0.39 is 69.9 Å². The van der Waals surface area contributed by atoms with Crippen molar-refractivity contribution in [1.82, 2.24) is 20.9 Å². The molecule has 2 aromatic rings. The summed E-state index contributed by atoms with van der Waals surface area (Å²) in [6, 6.07) is 3.97. The lowest BCUT2D eigenvalue weighted by Crippen LogP contribution is -2.71. The van der Waals surface area contributed by atoms with Gasteiger partial charge in [0.2, 0.25) is 11.8 Å². The van der Waals surface area contributed by atoms with E-state index in [2.05, 4.69) is 10.6 Å². The summed E-state index contributed by atoms with van der Waals surface area (Å²) in [5.41, 5.74) is 0.0316. The van der Waals surface area contributed by atoms with E-state index in [-0.39, 0.29) is 28.4 Å². The number of carboxylic acids is 1. The lowest BCUT2D eigenvalue weighted by molar-refractivity contribution is -0.161. The molecule has 5 N–H and O–H groups in total. The highest BCUT2D eigenvalue weighted by Gasteiger charge is 2.64. The zero-order valence-corrected chi connectivity index (χ0v) is 24.6. The summed E-state index contributed by atoms with van der Waals surface area (Å²) in [5.74, 6) is -5.56. The highest BCUT2D eigenvalue weighted by atomic mass is 32.2. The van der Waals surface area contributed by atoms with Gasteiger partial charge in [-0.2, -0.15) is 0 Å². The quantitative estimate of drug-likeness (QED) is 0.157. The van der Waals surface area contributed by atoms with E-state index in [0.717, 1.165) is 19.9 Å². The predicted octanol–water partition coefficient (Wildman–Crippen LogP) is 1.06. The van der Waals surface area contributed by atoms with Gasteiger partial charge in [-0.1, -0.05) is 12.1 Å². The van der Waals surface area contributed by atoms with Gasteiger partial charge in [-0.05, 0) is 49.7 Å². The number of amides is 5. The third kappa shape index (κ3) is 6.59. The van der Waals surface area contributed by atoms with Gasteiger partial charge in [0.05, 0.1) is 0 Å². The molecule has 15 nitrogen and oxygen atoms in total. The van der Waals surface area contributed by atoms with Crippen LogP contribution in [0.2, 0.25) is 0 Å². The minimum absolute atomic E-state index is 0.123. The molecule has 232 valence electrons. The summed E-state index contributed by atoms with van der Waals surface area (Å²) in [5, 5.41) is 25.6. The smallest absolute Gasteiger partial charge is 0.327 e. The number of imide groups is 1. The number of urea groups is 1. The Bertz CT molecular complexity index is 1560. The van der Waals surface area contributed by atoms with Crippen LogP contribution in [0.3, 0.4) is 0 Å². The van der Waals surface area contributed by atoms with Crippen LogP contribution < -0.4 is 25.4 Å². The van der Waals surface area contributed by atoms with E-state index in [4.69, 9.17) is 9.47 Å². The molecule has 4 atom stereocenters. The number of hydrogen-bond donors (Lipinski definition) is 5. The topological polar surface area (TPSA) is 218 Å². The summed E-state index contributed by atoms with van der Waals surface area (Å²) in [6.45, 7) is 5.59. The number of hydrogen-bond acceptors (Lipinski definition) is 11. The fourth-order valence-corrected chi connectivity index (χ4v) is 6.44. The number of rotatable bonds is 8. The Morgan fingerprint density at radius 1 is 0.955 bits per heavy atom. The van der Waals surface area contributed by atoms with Crippen molar-refractivity contribution in [2.45, 2.75) is 55.9 Å². The molecule has 5 amide bonds. The van der Waals surface area contributed by atoms with Crippen LogP contribution >= 0.6 is 11.8 Å². The molecule has 2 heterocycles. The van der Waals surface area contributed by atoms with Gasteiger partial charge < -0.3 is 35.2 Å². The first-order chi connectivity index (χ1) is 20.6. The number of carbonyl (C=O) groups excluding carboxylic acids is 6. The summed E-state index contributed by atoms with van der Waals surface area (Å²) in [6.07, 6.45) is 0. The minimum Gasteiger partial charge on any atom is -0.508 e. The molecule has 0 aromatic heterocycles. The summed E-state index contributed by atoms with van der Waals surface area (Å²) < 4.78 is 9.13. The van der Waals surface area contributed by atoms with E-state index in [1.165, 1.54) is 53.1 Å². The van der Waals surface area contributed by atoms with Gasteiger partial charge in [-0.15, -0.1) is 11.8 Å². The number of aliphatic carboxylic acids is 1. The van der Waals surface area contributed by atoms with Crippen LogP contribution in [0.1, 0.15) is 49.7 Å². The number of nitrogens with zero attached hydrogens (tertiary/aromatic N) is 1.